The molecule has 0 unspecified atom stereocenters. The number of alkyl halides is 12. The van der Waals surface area contributed by atoms with Crippen molar-refractivity contribution < 1.29 is 86.4 Å². The molecule has 0 aliphatic carbocycles. The summed E-state index contributed by atoms with van der Waals surface area (Å²) in [5.74, 6) is 0. The first-order valence-corrected chi connectivity index (χ1v) is 17.3. The predicted molar refractivity (Wildman–Crippen MR) is 133 cm³/mol. The zero-order chi connectivity index (χ0) is 36.8. The molecule has 28 heteroatoms. The third-order valence-corrected chi connectivity index (χ3v) is 10.3. The molecule has 0 aromatic carbocycles. The summed E-state index contributed by atoms with van der Waals surface area (Å²) in [7, 11) is -26.4. The summed E-state index contributed by atoms with van der Waals surface area (Å²) in [6, 6.07) is 0. The van der Waals surface area contributed by atoms with Crippen molar-refractivity contribution in [2.45, 2.75) is 63.6 Å². The normalized spacial score (nSPS) is 13.7. The number of sulfonamides is 4. The molecular formula is C16H32F12N4O8S4. The average molecular weight is 765 g/mol. The highest BCUT2D eigenvalue weighted by Gasteiger charge is 2.56. The molecule has 272 valence electrons. The molecule has 12 nitrogen and oxygen atoms in total. The molecule has 0 saturated carbocycles. The van der Waals surface area contributed by atoms with Crippen molar-refractivity contribution in [2.75, 3.05) is 39.3 Å². The van der Waals surface area contributed by atoms with Crippen LogP contribution in [-0.4, -0.2) is 105 Å². The van der Waals surface area contributed by atoms with Crippen molar-refractivity contribution in [1.29, 1.82) is 0 Å². The van der Waals surface area contributed by atoms with Crippen LogP contribution in [0.5, 0.6) is 0 Å². The smallest absolute Gasteiger partial charge is 0.304 e. The van der Waals surface area contributed by atoms with Gasteiger partial charge >= 0.3 is 62.1 Å². The number of hydrogen-bond donors (Lipinski definition) is 2. The molecule has 0 spiro atoms. The molecule has 44 heavy (non-hydrogen) atoms. The number of rotatable bonds is 10. The largest absolute Gasteiger partial charge is 0.512 e. The first-order valence-electron chi connectivity index (χ1n) is 11.4. The van der Waals surface area contributed by atoms with Crippen LogP contribution in [0.3, 0.4) is 0 Å². The van der Waals surface area contributed by atoms with Gasteiger partial charge in [-0.05, 0) is 39.3 Å². The summed E-state index contributed by atoms with van der Waals surface area (Å²) in [5, 5.41) is 0. The van der Waals surface area contributed by atoms with Crippen LogP contribution >= 0.6 is 0 Å². The Morgan fingerprint density at radius 3 is 0.523 bits per heavy atom. The van der Waals surface area contributed by atoms with Crippen molar-refractivity contribution in [3.05, 3.63) is 0 Å². The fourth-order valence-electron chi connectivity index (χ4n) is 1.82. The summed E-state index contributed by atoms with van der Waals surface area (Å²) < 4.78 is 217. The minimum absolute atomic E-state index is 0.493. The Hall–Kier alpha value is -1.20. The van der Waals surface area contributed by atoms with Crippen molar-refractivity contribution in [3.8, 4) is 0 Å². The van der Waals surface area contributed by atoms with Crippen LogP contribution in [-0.2, 0) is 40.1 Å². The molecule has 2 N–H and O–H groups in total. The fraction of sp³-hybridized carbons (Fsp3) is 1.00. The van der Waals surface area contributed by atoms with E-state index in [4.69, 9.17) is 0 Å². The average Bonchev–Trinajstić information content (AvgIpc) is 2.78. The molecule has 0 amide bonds. The van der Waals surface area contributed by atoms with Gasteiger partial charge < -0.3 is 9.80 Å². The third kappa shape index (κ3) is 18.7. The summed E-state index contributed by atoms with van der Waals surface area (Å²) in [6.45, 7) is 20.2. The molecule has 0 bridgehead atoms. The Balaban J connectivity index is -0.000000258. The van der Waals surface area contributed by atoms with Gasteiger partial charge in [0.05, 0.1) is 0 Å². The van der Waals surface area contributed by atoms with Crippen LogP contribution in [0.2, 0.25) is 0 Å². The van der Waals surface area contributed by atoms with Gasteiger partial charge in [0, 0.05) is 0 Å². The molecule has 0 heterocycles. The topological polar surface area (TPSA) is 167 Å². The van der Waals surface area contributed by atoms with Crippen LogP contribution in [0.15, 0.2) is 0 Å². The van der Waals surface area contributed by atoms with Crippen molar-refractivity contribution in [1.82, 2.24) is 18.1 Å². The number of hydrogen-bond acceptors (Lipinski definition) is 10. The van der Waals surface area contributed by atoms with Gasteiger partial charge in [-0.15, -0.1) is 0 Å². The minimum atomic E-state index is -6.60. The van der Waals surface area contributed by atoms with Crippen LogP contribution in [0.4, 0.5) is 52.7 Å². The van der Waals surface area contributed by atoms with E-state index >= 15 is 0 Å². The van der Waals surface area contributed by atoms with E-state index < -0.39 is 70.4 Å². The highest BCUT2D eigenvalue weighted by Crippen LogP contribution is 2.28. The van der Waals surface area contributed by atoms with Crippen molar-refractivity contribution in [3.63, 3.8) is 0 Å². The second kappa shape index (κ2) is 18.8. The lowest BCUT2D eigenvalue weighted by Gasteiger charge is -2.13. The number of nitrogens with zero attached hydrogens (tertiary/aromatic N) is 2. The lowest BCUT2D eigenvalue weighted by Crippen LogP contribution is -2.45. The van der Waals surface area contributed by atoms with Gasteiger partial charge in [0.15, 0.2) is 0 Å². The van der Waals surface area contributed by atoms with Gasteiger partial charge in [-0.25, -0.2) is 33.7 Å². The van der Waals surface area contributed by atoms with E-state index in [0.29, 0.717) is 0 Å². The molecule has 0 aliphatic rings. The first-order chi connectivity index (χ1) is 19.1. The van der Waals surface area contributed by atoms with Gasteiger partial charge in [-0.3, -0.25) is 0 Å². The second-order valence-corrected chi connectivity index (χ2v) is 14.4. The summed E-state index contributed by atoms with van der Waals surface area (Å²) in [4.78, 5) is 4.75. The molecular weight excluding hydrogens is 732 g/mol. The van der Waals surface area contributed by atoms with E-state index in [1.807, 2.05) is 0 Å². The maximum Gasteiger partial charge on any atom is 0.512 e. The van der Waals surface area contributed by atoms with E-state index in [0.717, 1.165) is 0 Å². The maximum absolute atomic E-state index is 11.5. The highest BCUT2D eigenvalue weighted by molar-refractivity contribution is 8.06. The van der Waals surface area contributed by atoms with E-state index in [1.54, 1.807) is 0 Å². The molecule has 0 atom stereocenters. The third-order valence-electron chi connectivity index (χ3n) is 4.34. The molecule has 0 rings (SSSR count). The zero-order valence-corrected chi connectivity index (χ0v) is 26.8. The summed E-state index contributed by atoms with van der Waals surface area (Å²) in [5.41, 5.74) is -24.6. The molecule has 0 fully saturated rings. The maximum atomic E-state index is 11.5. The number of nitrogens with one attached hydrogen (secondary N) is 2. The molecule has 0 radical (unpaired) electrons. The van der Waals surface area contributed by atoms with Crippen molar-refractivity contribution >= 4 is 40.1 Å². The van der Waals surface area contributed by atoms with Crippen LogP contribution < -0.4 is 8.25 Å². The molecule has 0 saturated heterocycles. The summed E-state index contributed by atoms with van der Waals surface area (Å²) in [6.07, 6.45) is 0. The monoisotopic (exact) mass is 764 g/mol. The Morgan fingerprint density at radius 2 is 0.477 bits per heavy atom. The zero-order valence-electron chi connectivity index (χ0n) is 23.6. The molecule has 0 aromatic rings. The lowest BCUT2D eigenvalue weighted by atomic mass is 10.5. The van der Waals surface area contributed by atoms with Crippen molar-refractivity contribution in [2.24, 2.45) is 0 Å². The van der Waals surface area contributed by atoms with E-state index in [1.165, 1.54) is 39.3 Å². The highest BCUT2D eigenvalue weighted by atomic mass is 32.3. The Bertz CT molecular complexity index is 1050. The Morgan fingerprint density at radius 1 is 0.364 bits per heavy atom. The van der Waals surface area contributed by atoms with Gasteiger partial charge in [-0.2, -0.15) is 52.7 Å². The van der Waals surface area contributed by atoms with Crippen LogP contribution in [0, 0.1) is 0 Å². The standard InChI is InChI=1S/2C6H15N.2C2HF6NO4S2/c2*1-4-7(5-2)6-3;2*3-1(4,5)14(10,11)9-15(12,13)2(6,7)8/h2*4-6H2,1-3H3;2*9H. The van der Waals surface area contributed by atoms with Gasteiger partial charge in [0.2, 0.25) is 0 Å². The Kier molecular flexibility index (Phi) is 21.3. The second-order valence-electron chi connectivity index (χ2n) is 7.20. The predicted octanol–water partition coefficient (Wildman–Crippen LogP) is 3.25. The Labute approximate surface area is 247 Å². The van der Waals surface area contributed by atoms with E-state index in [2.05, 4.69) is 51.3 Å². The van der Waals surface area contributed by atoms with Crippen LogP contribution in [0.25, 0.3) is 0 Å². The van der Waals surface area contributed by atoms with E-state index in [-0.39, 0.29) is 0 Å². The van der Waals surface area contributed by atoms with Gasteiger partial charge in [0.25, 0.3) is 0 Å². The van der Waals surface area contributed by atoms with E-state index in [9.17, 15) is 86.4 Å². The first kappa shape index (κ1) is 49.7. The quantitative estimate of drug-likeness (QED) is 0.316. The van der Waals surface area contributed by atoms with Gasteiger partial charge in [0.1, 0.15) is 0 Å². The molecule has 0 aromatic heterocycles. The van der Waals surface area contributed by atoms with Gasteiger partial charge in [-0.1, -0.05) is 49.8 Å². The molecule has 0 aliphatic heterocycles. The fourth-order valence-corrected chi connectivity index (χ4v) is 5.64. The van der Waals surface area contributed by atoms with Crippen LogP contribution in [0.1, 0.15) is 41.5 Å². The lowest BCUT2D eigenvalue weighted by molar-refractivity contribution is -0.0487. The number of halogens is 12. The minimum Gasteiger partial charge on any atom is -0.304 e. The summed E-state index contributed by atoms with van der Waals surface area (Å²) >= 11 is 0. The SMILES string of the molecule is CCN(CC)CC.CCN(CC)CC.O=S(=O)(NS(=O)(=O)C(F)(F)F)C(F)(F)F.O=S(=O)(NS(=O)(=O)C(F)(F)F)C(F)(F)F.